The van der Waals surface area contributed by atoms with E-state index in [9.17, 15) is 5.11 Å². The van der Waals surface area contributed by atoms with Crippen molar-refractivity contribution in [1.29, 1.82) is 0 Å². The Labute approximate surface area is 114 Å². The summed E-state index contributed by atoms with van der Waals surface area (Å²) >= 11 is 0. The van der Waals surface area contributed by atoms with Gasteiger partial charge in [-0.15, -0.1) is 0 Å². The number of ether oxygens (including phenoxy) is 1. The Bertz CT molecular complexity index is 748. The van der Waals surface area contributed by atoms with Gasteiger partial charge >= 0.3 is 0 Å². The van der Waals surface area contributed by atoms with E-state index < -0.39 is 0 Å². The van der Waals surface area contributed by atoms with Crippen molar-refractivity contribution in [1.82, 2.24) is 19.9 Å². The number of rotatable bonds is 3. The molecule has 102 valence electrons. The van der Waals surface area contributed by atoms with E-state index in [2.05, 4.69) is 15.2 Å². The van der Waals surface area contributed by atoms with Crippen molar-refractivity contribution < 1.29 is 14.4 Å². The molecule has 20 heavy (non-hydrogen) atoms. The third-order valence-electron chi connectivity index (χ3n) is 2.79. The zero-order valence-corrected chi connectivity index (χ0v) is 10.9. The van der Waals surface area contributed by atoms with Crippen molar-refractivity contribution in [3.05, 3.63) is 30.5 Å². The number of methoxy groups -OCH3 is 1. The highest BCUT2D eigenvalue weighted by molar-refractivity contribution is 5.61. The number of aryl methyl sites for hydroxylation is 1. The average Bonchev–Trinajstić information content (AvgIpc) is 3.07. The summed E-state index contributed by atoms with van der Waals surface area (Å²) in [4.78, 5) is 4.26. The zero-order chi connectivity index (χ0) is 14.1. The maximum atomic E-state index is 9.75. The average molecular weight is 272 g/mol. The van der Waals surface area contributed by atoms with E-state index in [4.69, 9.17) is 9.26 Å². The molecule has 0 aliphatic carbocycles. The van der Waals surface area contributed by atoms with Gasteiger partial charge in [0.1, 0.15) is 5.69 Å². The molecule has 7 heteroatoms. The summed E-state index contributed by atoms with van der Waals surface area (Å²) < 4.78 is 11.8. The second kappa shape index (κ2) is 4.69. The summed E-state index contributed by atoms with van der Waals surface area (Å²) in [5.41, 5.74) is 1.23. The van der Waals surface area contributed by atoms with Gasteiger partial charge in [0.25, 0.3) is 5.89 Å². The molecule has 0 aliphatic heterocycles. The van der Waals surface area contributed by atoms with Gasteiger partial charge in [0.15, 0.2) is 11.5 Å². The summed E-state index contributed by atoms with van der Waals surface area (Å²) in [5, 5.41) is 17.8. The molecular formula is C13H12N4O3. The smallest absolute Gasteiger partial charge is 0.258 e. The van der Waals surface area contributed by atoms with Gasteiger partial charge in [0.2, 0.25) is 5.82 Å². The van der Waals surface area contributed by atoms with Gasteiger partial charge in [-0.3, -0.25) is 4.68 Å². The molecule has 0 bridgehead atoms. The normalized spacial score (nSPS) is 10.7. The summed E-state index contributed by atoms with van der Waals surface area (Å²) in [6.07, 6.45) is 1.80. The summed E-state index contributed by atoms with van der Waals surface area (Å²) in [7, 11) is 3.30. The van der Waals surface area contributed by atoms with E-state index >= 15 is 0 Å². The molecule has 0 saturated carbocycles. The molecule has 2 heterocycles. The monoisotopic (exact) mass is 272 g/mol. The molecule has 3 rings (SSSR count). The largest absolute Gasteiger partial charge is 0.504 e. The van der Waals surface area contributed by atoms with Crippen LogP contribution in [0.15, 0.2) is 35.0 Å². The maximum Gasteiger partial charge on any atom is 0.258 e. The van der Waals surface area contributed by atoms with Gasteiger partial charge < -0.3 is 14.4 Å². The van der Waals surface area contributed by atoms with Crippen molar-refractivity contribution >= 4 is 0 Å². The first-order valence-electron chi connectivity index (χ1n) is 5.88. The molecule has 1 N–H and O–H groups in total. The van der Waals surface area contributed by atoms with E-state index in [0.29, 0.717) is 28.7 Å². The van der Waals surface area contributed by atoms with Crippen molar-refractivity contribution in [3.8, 4) is 34.5 Å². The molecule has 0 fully saturated rings. The summed E-state index contributed by atoms with van der Waals surface area (Å²) in [6, 6.07) is 6.66. The predicted molar refractivity (Wildman–Crippen MR) is 70.2 cm³/mol. The quantitative estimate of drug-likeness (QED) is 0.783. The number of phenols is 1. The molecule has 0 radical (unpaired) electrons. The Morgan fingerprint density at radius 3 is 2.80 bits per heavy atom. The zero-order valence-electron chi connectivity index (χ0n) is 10.9. The van der Waals surface area contributed by atoms with Gasteiger partial charge in [-0.05, 0) is 24.3 Å². The van der Waals surface area contributed by atoms with Crippen molar-refractivity contribution in [3.63, 3.8) is 0 Å². The summed E-state index contributed by atoms with van der Waals surface area (Å²) in [5.74, 6) is 1.11. The van der Waals surface area contributed by atoms with E-state index in [0.717, 1.165) is 0 Å². The van der Waals surface area contributed by atoms with Crippen LogP contribution in [0.5, 0.6) is 11.5 Å². The Hall–Kier alpha value is -2.83. The Morgan fingerprint density at radius 2 is 2.15 bits per heavy atom. The topological polar surface area (TPSA) is 86.2 Å². The fourth-order valence-corrected chi connectivity index (χ4v) is 1.80. The maximum absolute atomic E-state index is 9.75. The van der Waals surface area contributed by atoms with E-state index in [1.165, 1.54) is 13.2 Å². The van der Waals surface area contributed by atoms with Gasteiger partial charge in [0.05, 0.1) is 7.11 Å². The molecule has 7 nitrogen and oxygen atoms in total. The number of nitrogens with zero attached hydrogens (tertiary/aromatic N) is 4. The molecule has 0 unspecified atom stereocenters. The van der Waals surface area contributed by atoms with Gasteiger partial charge in [-0.25, -0.2) is 0 Å². The highest BCUT2D eigenvalue weighted by atomic mass is 16.5. The van der Waals surface area contributed by atoms with Gasteiger partial charge in [-0.2, -0.15) is 10.1 Å². The second-order valence-electron chi connectivity index (χ2n) is 4.18. The minimum atomic E-state index is 0.0163. The number of aromatic hydroxyl groups is 1. The first-order valence-corrected chi connectivity index (χ1v) is 5.88. The Balaban J connectivity index is 1.95. The lowest BCUT2D eigenvalue weighted by Crippen LogP contribution is -1.89. The molecule has 0 atom stereocenters. The molecule has 0 amide bonds. The minimum absolute atomic E-state index is 0.0163. The van der Waals surface area contributed by atoms with Gasteiger partial charge in [0, 0.05) is 18.8 Å². The van der Waals surface area contributed by atoms with Crippen LogP contribution < -0.4 is 4.74 Å². The van der Waals surface area contributed by atoms with Crippen LogP contribution in [0.3, 0.4) is 0 Å². The molecule has 0 saturated heterocycles. The van der Waals surface area contributed by atoms with Crippen LogP contribution in [0.1, 0.15) is 0 Å². The van der Waals surface area contributed by atoms with E-state index in [1.807, 2.05) is 7.05 Å². The van der Waals surface area contributed by atoms with Crippen molar-refractivity contribution in [2.24, 2.45) is 7.05 Å². The Kier molecular flexibility index (Phi) is 2.86. The molecule has 3 aromatic rings. The van der Waals surface area contributed by atoms with Crippen LogP contribution in [-0.4, -0.2) is 32.1 Å². The lowest BCUT2D eigenvalue weighted by molar-refractivity contribution is 0.373. The number of aromatic nitrogens is 4. The van der Waals surface area contributed by atoms with E-state index in [1.54, 1.807) is 29.1 Å². The van der Waals surface area contributed by atoms with Crippen LogP contribution in [-0.2, 0) is 7.05 Å². The minimum Gasteiger partial charge on any atom is -0.504 e. The molecule has 1 aromatic carbocycles. The molecule has 0 aliphatic rings. The number of hydrogen-bond acceptors (Lipinski definition) is 6. The fraction of sp³-hybridized carbons (Fsp3) is 0.154. The Morgan fingerprint density at radius 1 is 1.30 bits per heavy atom. The van der Waals surface area contributed by atoms with Crippen LogP contribution >= 0.6 is 0 Å². The second-order valence-corrected chi connectivity index (χ2v) is 4.18. The fourth-order valence-electron chi connectivity index (χ4n) is 1.80. The predicted octanol–water partition coefficient (Wildman–Crippen LogP) is 1.85. The first kappa shape index (κ1) is 12.2. The highest BCUT2D eigenvalue weighted by Crippen LogP contribution is 2.31. The molecule has 0 spiro atoms. The first-order chi connectivity index (χ1) is 9.67. The summed E-state index contributed by atoms with van der Waals surface area (Å²) in [6.45, 7) is 0. The van der Waals surface area contributed by atoms with Crippen molar-refractivity contribution in [2.45, 2.75) is 0 Å². The third kappa shape index (κ3) is 2.09. The van der Waals surface area contributed by atoms with Crippen LogP contribution in [0.2, 0.25) is 0 Å². The van der Waals surface area contributed by atoms with Crippen LogP contribution in [0, 0.1) is 0 Å². The lowest BCUT2D eigenvalue weighted by atomic mass is 10.2. The highest BCUT2D eigenvalue weighted by Gasteiger charge is 2.14. The lowest BCUT2D eigenvalue weighted by Gasteiger charge is -2.02. The van der Waals surface area contributed by atoms with Crippen LogP contribution in [0.25, 0.3) is 23.0 Å². The third-order valence-corrected chi connectivity index (χ3v) is 2.79. The SMILES string of the molecule is COc1ccc(-c2nc(-c3ccn(C)n3)no2)cc1O. The molecule has 2 aromatic heterocycles. The van der Waals surface area contributed by atoms with E-state index in [-0.39, 0.29) is 5.75 Å². The number of hydrogen-bond donors (Lipinski definition) is 1. The standard InChI is InChI=1S/C13H12N4O3/c1-17-6-5-9(15-17)12-14-13(20-16-12)8-3-4-11(19-2)10(18)7-8/h3-7,18H,1-2H3. The van der Waals surface area contributed by atoms with Crippen LogP contribution in [0.4, 0.5) is 0 Å². The number of benzene rings is 1. The molecular weight excluding hydrogens is 260 g/mol. The van der Waals surface area contributed by atoms with Crippen molar-refractivity contribution in [2.75, 3.05) is 7.11 Å². The number of phenolic OH excluding ortho intramolecular Hbond substituents is 1. The van der Waals surface area contributed by atoms with Gasteiger partial charge in [-0.1, -0.05) is 5.16 Å².